The molecule has 0 bridgehead atoms. The number of halogens is 1. The third-order valence-corrected chi connectivity index (χ3v) is 4.29. The van der Waals surface area contributed by atoms with Crippen LogP contribution in [0.2, 0.25) is 5.02 Å². The summed E-state index contributed by atoms with van der Waals surface area (Å²) in [5.74, 6) is -1.43. The first-order chi connectivity index (χ1) is 13.8. The zero-order valence-electron chi connectivity index (χ0n) is 16.5. The Morgan fingerprint density at radius 1 is 1.03 bits per heavy atom. The molecule has 3 N–H and O–H groups in total. The number of urea groups is 1. The van der Waals surface area contributed by atoms with E-state index in [1.807, 2.05) is 13.0 Å². The van der Waals surface area contributed by atoms with Crippen LogP contribution in [0.25, 0.3) is 0 Å². The molecule has 29 heavy (non-hydrogen) atoms. The Morgan fingerprint density at radius 2 is 1.72 bits per heavy atom. The van der Waals surface area contributed by atoms with Crippen molar-refractivity contribution in [3.8, 4) is 0 Å². The van der Waals surface area contributed by atoms with Gasteiger partial charge in [0.05, 0.1) is 0 Å². The van der Waals surface area contributed by atoms with Gasteiger partial charge in [-0.15, -0.1) is 0 Å². The van der Waals surface area contributed by atoms with Gasteiger partial charge in [0, 0.05) is 16.4 Å². The second-order valence-corrected chi connectivity index (χ2v) is 7.24. The fourth-order valence-corrected chi connectivity index (χ4v) is 2.64. The number of esters is 1. The second-order valence-electron chi connectivity index (χ2n) is 6.80. The number of carbonyl (C=O) groups is 3. The molecule has 0 unspecified atom stereocenters. The summed E-state index contributed by atoms with van der Waals surface area (Å²) in [4.78, 5) is 36.6. The predicted molar refractivity (Wildman–Crippen MR) is 113 cm³/mol. The summed E-state index contributed by atoms with van der Waals surface area (Å²) < 4.78 is 5.09. The Labute approximate surface area is 174 Å². The van der Waals surface area contributed by atoms with Crippen LogP contribution in [-0.2, 0) is 14.3 Å². The van der Waals surface area contributed by atoms with Crippen LogP contribution in [0.1, 0.15) is 19.4 Å². The number of rotatable bonds is 7. The van der Waals surface area contributed by atoms with Crippen LogP contribution < -0.4 is 16.0 Å². The number of aryl methyl sites for hydroxylation is 1. The number of anilines is 2. The van der Waals surface area contributed by atoms with Crippen LogP contribution in [0.3, 0.4) is 0 Å². The average molecular weight is 418 g/mol. The molecule has 0 radical (unpaired) electrons. The van der Waals surface area contributed by atoms with Gasteiger partial charge in [-0.05, 0) is 42.7 Å². The molecule has 2 aromatic carbocycles. The van der Waals surface area contributed by atoms with Gasteiger partial charge in [-0.2, -0.15) is 0 Å². The van der Waals surface area contributed by atoms with Gasteiger partial charge >= 0.3 is 12.0 Å². The fraction of sp³-hybridized carbons (Fsp3) is 0.286. The van der Waals surface area contributed by atoms with Gasteiger partial charge in [0.25, 0.3) is 5.91 Å². The molecule has 1 atom stereocenters. The third-order valence-electron chi connectivity index (χ3n) is 4.06. The van der Waals surface area contributed by atoms with E-state index in [9.17, 15) is 14.4 Å². The SMILES string of the molecule is Cc1ccc(Cl)cc1NC(=O)COC(=O)[C@H](NC(=O)Nc1ccccc1)C(C)C. The lowest BCUT2D eigenvalue weighted by atomic mass is 10.1. The molecule has 0 aliphatic carbocycles. The number of benzene rings is 2. The summed E-state index contributed by atoms with van der Waals surface area (Å²) in [5.41, 5.74) is 1.96. The third kappa shape index (κ3) is 7.12. The van der Waals surface area contributed by atoms with Crippen LogP contribution in [0.5, 0.6) is 0 Å². The van der Waals surface area contributed by atoms with Crippen LogP contribution in [-0.4, -0.2) is 30.6 Å². The summed E-state index contributed by atoms with van der Waals surface area (Å²) in [6, 6.07) is 12.5. The maximum absolute atomic E-state index is 12.4. The number of nitrogens with one attached hydrogen (secondary N) is 3. The van der Waals surface area contributed by atoms with Crippen molar-refractivity contribution in [3.05, 3.63) is 59.1 Å². The molecular weight excluding hydrogens is 394 g/mol. The zero-order valence-corrected chi connectivity index (χ0v) is 17.2. The quantitative estimate of drug-likeness (QED) is 0.593. The van der Waals surface area contributed by atoms with Gasteiger partial charge in [-0.1, -0.05) is 49.7 Å². The Hall–Kier alpha value is -3.06. The second kappa shape index (κ2) is 10.5. The van der Waals surface area contributed by atoms with Crippen molar-refractivity contribution < 1.29 is 19.1 Å². The number of para-hydroxylation sites is 1. The van der Waals surface area contributed by atoms with Gasteiger partial charge in [0.2, 0.25) is 0 Å². The van der Waals surface area contributed by atoms with E-state index in [0.29, 0.717) is 16.4 Å². The maximum Gasteiger partial charge on any atom is 0.329 e. The molecule has 0 saturated carbocycles. The van der Waals surface area contributed by atoms with E-state index >= 15 is 0 Å². The van der Waals surface area contributed by atoms with Crippen LogP contribution in [0.15, 0.2) is 48.5 Å². The lowest BCUT2D eigenvalue weighted by molar-refractivity contribution is -0.150. The van der Waals surface area contributed by atoms with Crippen molar-refractivity contribution in [1.82, 2.24) is 5.32 Å². The number of hydrogen-bond donors (Lipinski definition) is 3. The van der Waals surface area contributed by atoms with Gasteiger partial charge in [-0.25, -0.2) is 9.59 Å². The molecule has 0 aromatic heterocycles. The summed E-state index contributed by atoms with van der Waals surface area (Å²) in [7, 11) is 0. The molecule has 0 spiro atoms. The van der Waals surface area contributed by atoms with Crippen molar-refractivity contribution in [2.24, 2.45) is 5.92 Å². The summed E-state index contributed by atoms with van der Waals surface area (Å²) in [5, 5.41) is 8.35. The molecule has 3 amide bonds. The van der Waals surface area contributed by atoms with E-state index in [2.05, 4.69) is 16.0 Å². The van der Waals surface area contributed by atoms with Crippen molar-refractivity contribution in [2.75, 3.05) is 17.2 Å². The van der Waals surface area contributed by atoms with Gasteiger partial charge in [0.15, 0.2) is 6.61 Å². The van der Waals surface area contributed by atoms with E-state index in [4.69, 9.17) is 16.3 Å². The highest BCUT2D eigenvalue weighted by Gasteiger charge is 2.26. The van der Waals surface area contributed by atoms with Gasteiger partial charge < -0.3 is 20.7 Å². The molecule has 154 valence electrons. The number of amides is 3. The lowest BCUT2D eigenvalue weighted by Crippen LogP contribution is -2.47. The van der Waals surface area contributed by atoms with E-state index in [1.54, 1.807) is 56.3 Å². The van der Waals surface area contributed by atoms with Crippen molar-refractivity contribution in [3.63, 3.8) is 0 Å². The first-order valence-corrected chi connectivity index (χ1v) is 9.49. The topological polar surface area (TPSA) is 96.5 Å². The van der Waals surface area contributed by atoms with Crippen LogP contribution >= 0.6 is 11.6 Å². The molecule has 2 aromatic rings. The van der Waals surface area contributed by atoms with E-state index < -0.39 is 30.6 Å². The molecular formula is C21H24ClN3O4. The van der Waals surface area contributed by atoms with E-state index in [-0.39, 0.29) is 5.92 Å². The maximum atomic E-state index is 12.4. The molecule has 2 rings (SSSR count). The highest BCUT2D eigenvalue weighted by molar-refractivity contribution is 6.31. The summed E-state index contributed by atoms with van der Waals surface area (Å²) in [6.07, 6.45) is 0. The molecule has 7 nitrogen and oxygen atoms in total. The number of ether oxygens (including phenoxy) is 1. The number of carbonyl (C=O) groups excluding carboxylic acids is 3. The molecule has 0 aliphatic rings. The highest BCUT2D eigenvalue weighted by atomic mass is 35.5. The van der Waals surface area contributed by atoms with Gasteiger partial charge in [0.1, 0.15) is 6.04 Å². The first kappa shape index (κ1) is 22.2. The van der Waals surface area contributed by atoms with Crippen molar-refractivity contribution in [1.29, 1.82) is 0 Å². The number of hydrogen-bond acceptors (Lipinski definition) is 4. The van der Waals surface area contributed by atoms with E-state index in [0.717, 1.165) is 5.56 Å². The van der Waals surface area contributed by atoms with Crippen LogP contribution in [0, 0.1) is 12.8 Å². The zero-order chi connectivity index (χ0) is 21.4. The van der Waals surface area contributed by atoms with Crippen molar-refractivity contribution in [2.45, 2.75) is 26.8 Å². The molecule has 0 saturated heterocycles. The first-order valence-electron chi connectivity index (χ1n) is 9.11. The Kier molecular flexibility index (Phi) is 8.03. The molecule has 0 fully saturated rings. The minimum absolute atomic E-state index is 0.234. The minimum atomic E-state index is -0.903. The normalized spacial score (nSPS) is 11.5. The lowest BCUT2D eigenvalue weighted by Gasteiger charge is -2.21. The fourth-order valence-electron chi connectivity index (χ4n) is 2.47. The molecule has 8 heteroatoms. The minimum Gasteiger partial charge on any atom is -0.454 e. The molecule has 0 heterocycles. The van der Waals surface area contributed by atoms with Crippen molar-refractivity contribution >= 4 is 40.9 Å². The predicted octanol–water partition coefficient (Wildman–Crippen LogP) is 3.98. The largest absolute Gasteiger partial charge is 0.454 e. The summed E-state index contributed by atoms with van der Waals surface area (Å²) in [6.45, 7) is 4.88. The Morgan fingerprint density at radius 3 is 2.38 bits per heavy atom. The monoisotopic (exact) mass is 417 g/mol. The average Bonchev–Trinajstić information content (AvgIpc) is 2.67. The smallest absolute Gasteiger partial charge is 0.329 e. The highest BCUT2D eigenvalue weighted by Crippen LogP contribution is 2.20. The standard InChI is InChI=1S/C21H24ClN3O4/c1-13(2)19(25-21(28)23-16-7-5-4-6-8-16)20(27)29-12-18(26)24-17-11-15(22)10-9-14(17)3/h4-11,13,19H,12H2,1-3H3,(H,24,26)(H2,23,25,28)/t19-/m1/s1. The summed E-state index contributed by atoms with van der Waals surface area (Å²) >= 11 is 5.93. The Balaban J connectivity index is 1.89. The van der Waals surface area contributed by atoms with E-state index in [1.165, 1.54) is 0 Å². The van der Waals surface area contributed by atoms with Gasteiger partial charge in [-0.3, -0.25) is 4.79 Å². The molecule has 0 aliphatic heterocycles. The van der Waals surface area contributed by atoms with Crippen LogP contribution in [0.4, 0.5) is 16.2 Å². The Bertz CT molecular complexity index is 871.